The van der Waals surface area contributed by atoms with Crippen molar-refractivity contribution in [2.75, 3.05) is 47.5 Å². The maximum Gasteiger partial charge on any atom is 0.269 e. The number of thioether (sulfide) groups is 1. The second-order valence-electron chi connectivity index (χ2n) is 9.51. The van der Waals surface area contributed by atoms with Crippen LogP contribution >= 0.6 is 23.4 Å². The van der Waals surface area contributed by atoms with Crippen LogP contribution in [0, 0.1) is 5.82 Å². The van der Waals surface area contributed by atoms with E-state index < -0.39 is 4.87 Å². The van der Waals surface area contributed by atoms with Gasteiger partial charge < -0.3 is 4.90 Å². The number of fused-ring (bicyclic) bond motifs is 2. The lowest BCUT2D eigenvalue weighted by molar-refractivity contribution is -0.124. The Morgan fingerprint density at radius 3 is 2.38 bits per heavy atom. The Morgan fingerprint density at radius 2 is 1.65 bits per heavy atom. The molecule has 2 saturated heterocycles. The standard InChI is InChI=1S/C28H26ClFN4O2S/c1-19-26(35)34(21-8-6-7-20(29)17-21)28(37-19)22-9-2-4-11-24(22)33(27(28)36)18-31-13-15-32(16-14-31)25-12-5-3-10-23(25)30/h2-12,17,19H,13-16,18H2,1H3. The molecule has 3 aromatic carbocycles. The Balaban J connectivity index is 1.30. The smallest absolute Gasteiger partial charge is 0.269 e. The molecule has 2 fully saturated rings. The number of hydrogen-bond acceptors (Lipinski definition) is 5. The Bertz CT molecular complexity index is 1380. The van der Waals surface area contributed by atoms with Gasteiger partial charge in [0, 0.05) is 42.5 Å². The molecule has 190 valence electrons. The molecule has 3 aromatic rings. The van der Waals surface area contributed by atoms with Crippen molar-refractivity contribution in [2.24, 2.45) is 0 Å². The Labute approximate surface area is 224 Å². The molecule has 6 nitrogen and oxygen atoms in total. The van der Waals surface area contributed by atoms with Crippen molar-refractivity contribution in [3.63, 3.8) is 0 Å². The van der Waals surface area contributed by atoms with Crippen molar-refractivity contribution >= 4 is 52.2 Å². The molecule has 0 aliphatic carbocycles. The number of carbonyl (C=O) groups is 2. The van der Waals surface area contributed by atoms with Crippen LogP contribution in [0.15, 0.2) is 72.8 Å². The fourth-order valence-electron chi connectivity index (χ4n) is 5.53. The molecule has 0 radical (unpaired) electrons. The summed E-state index contributed by atoms with van der Waals surface area (Å²) in [5, 5.41) is 0.119. The van der Waals surface area contributed by atoms with Gasteiger partial charge in [0.2, 0.25) is 10.8 Å². The number of nitrogens with zero attached hydrogens (tertiary/aromatic N) is 4. The lowest BCUT2D eigenvalue weighted by Gasteiger charge is -2.38. The van der Waals surface area contributed by atoms with Crippen LogP contribution in [0.3, 0.4) is 0 Å². The molecule has 2 atom stereocenters. The summed E-state index contributed by atoms with van der Waals surface area (Å²) >= 11 is 7.67. The van der Waals surface area contributed by atoms with Gasteiger partial charge in [-0.05, 0) is 43.3 Å². The molecular weight excluding hydrogens is 511 g/mol. The number of carbonyl (C=O) groups excluding carboxylic acids is 2. The first-order valence-corrected chi connectivity index (χ1v) is 13.6. The van der Waals surface area contributed by atoms with Gasteiger partial charge in [-0.2, -0.15) is 0 Å². The fraction of sp³-hybridized carbons (Fsp3) is 0.286. The average Bonchev–Trinajstić information content (AvgIpc) is 3.30. The van der Waals surface area contributed by atoms with Crippen LogP contribution < -0.4 is 14.7 Å². The molecule has 1 spiro atoms. The van der Waals surface area contributed by atoms with Crippen LogP contribution in [0.4, 0.5) is 21.5 Å². The van der Waals surface area contributed by atoms with Gasteiger partial charge in [0.1, 0.15) is 5.82 Å². The summed E-state index contributed by atoms with van der Waals surface area (Å²) in [5.74, 6) is -0.469. The van der Waals surface area contributed by atoms with Crippen molar-refractivity contribution in [2.45, 2.75) is 17.0 Å². The predicted molar refractivity (Wildman–Crippen MR) is 147 cm³/mol. The van der Waals surface area contributed by atoms with E-state index in [9.17, 15) is 14.0 Å². The summed E-state index contributed by atoms with van der Waals surface area (Å²) in [6.07, 6.45) is 0. The lowest BCUT2D eigenvalue weighted by atomic mass is 10.0. The summed E-state index contributed by atoms with van der Waals surface area (Å²) in [6, 6.07) is 21.7. The van der Waals surface area contributed by atoms with E-state index in [2.05, 4.69) is 4.90 Å². The molecule has 3 aliphatic heterocycles. The highest BCUT2D eigenvalue weighted by molar-refractivity contribution is 8.03. The highest BCUT2D eigenvalue weighted by Gasteiger charge is 2.63. The van der Waals surface area contributed by atoms with E-state index in [1.807, 2.05) is 48.2 Å². The summed E-state index contributed by atoms with van der Waals surface area (Å²) in [4.78, 5) is 34.3. The van der Waals surface area contributed by atoms with Crippen molar-refractivity contribution in [3.05, 3.63) is 89.2 Å². The number of halogens is 2. The number of benzene rings is 3. The Hall–Kier alpha value is -3.07. The van der Waals surface area contributed by atoms with Gasteiger partial charge in [-0.25, -0.2) is 4.39 Å². The molecular formula is C28H26ClFN4O2S. The molecule has 0 aromatic heterocycles. The molecule has 0 saturated carbocycles. The number of piperazine rings is 1. The summed E-state index contributed by atoms with van der Waals surface area (Å²) in [5.41, 5.74) is 2.84. The van der Waals surface area contributed by atoms with Gasteiger partial charge in [-0.15, -0.1) is 11.8 Å². The molecule has 9 heteroatoms. The second-order valence-corrected chi connectivity index (χ2v) is 11.5. The first-order chi connectivity index (χ1) is 17.9. The largest absolute Gasteiger partial charge is 0.367 e. The molecule has 6 rings (SSSR count). The Kier molecular flexibility index (Phi) is 6.13. The van der Waals surface area contributed by atoms with Crippen molar-refractivity contribution in [3.8, 4) is 0 Å². The highest BCUT2D eigenvalue weighted by Crippen LogP contribution is 2.57. The minimum atomic E-state index is -1.19. The minimum absolute atomic E-state index is 0.115. The minimum Gasteiger partial charge on any atom is -0.367 e. The third-order valence-electron chi connectivity index (χ3n) is 7.30. The number of anilines is 3. The molecule has 0 N–H and O–H groups in total. The normalized spacial score (nSPS) is 23.9. The predicted octanol–water partition coefficient (Wildman–Crippen LogP) is 4.93. The van der Waals surface area contributed by atoms with Gasteiger partial charge in [-0.3, -0.25) is 24.3 Å². The van der Waals surface area contributed by atoms with Gasteiger partial charge in [0.25, 0.3) is 5.91 Å². The van der Waals surface area contributed by atoms with Crippen LogP contribution in [0.2, 0.25) is 5.02 Å². The topological polar surface area (TPSA) is 47.1 Å². The molecule has 3 heterocycles. The van der Waals surface area contributed by atoms with E-state index in [0.717, 1.165) is 11.3 Å². The first kappa shape index (κ1) is 24.3. The van der Waals surface area contributed by atoms with Crippen LogP contribution in [0.1, 0.15) is 12.5 Å². The van der Waals surface area contributed by atoms with Gasteiger partial charge in [-0.1, -0.05) is 48.0 Å². The SMILES string of the molecule is CC1SC2(C(=O)N(CN3CCN(c4ccccc4F)CC3)c3ccccc32)N(c2cccc(Cl)c2)C1=O. The first-order valence-electron chi connectivity index (χ1n) is 12.3. The highest BCUT2D eigenvalue weighted by atomic mass is 35.5. The summed E-state index contributed by atoms with van der Waals surface area (Å²) in [7, 11) is 0. The van der Waals surface area contributed by atoms with E-state index in [-0.39, 0.29) is 22.9 Å². The average molecular weight is 537 g/mol. The van der Waals surface area contributed by atoms with E-state index in [0.29, 0.717) is 49.2 Å². The molecule has 2 unspecified atom stereocenters. The van der Waals surface area contributed by atoms with Gasteiger partial charge in [0.05, 0.1) is 23.3 Å². The zero-order chi connectivity index (χ0) is 25.7. The van der Waals surface area contributed by atoms with Crippen LogP contribution in [0.5, 0.6) is 0 Å². The van der Waals surface area contributed by atoms with Crippen molar-refractivity contribution < 1.29 is 14.0 Å². The van der Waals surface area contributed by atoms with E-state index >= 15 is 0 Å². The summed E-state index contributed by atoms with van der Waals surface area (Å²) in [6.45, 7) is 4.94. The maximum atomic E-state index is 14.3. The third kappa shape index (κ3) is 3.90. The Morgan fingerprint density at radius 1 is 0.946 bits per heavy atom. The van der Waals surface area contributed by atoms with Crippen molar-refractivity contribution in [1.82, 2.24) is 4.90 Å². The summed E-state index contributed by atoms with van der Waals surface area (Å²) < 4.78 is 14.3. The van der Waals surface area contributed by atoms with Crippen LogP contribution in [0.25, 0.3) is 0 Å². The lowest BCUT2D eigenvalue weighted by Crippen LogP contribution is -2.54. The van der Waals surface area contributed by atoms with E-state index in [1.165, 1.54) is 17.8 Å². The number of para-hydroxylation sites is 2. The molecule has 3 aliphatic rings. The van der Waals surface area contributed by atoms with Crippen LogP contribution in [-0.4, -0.2) is 54.8 Å². The molecule has 2 amide bonds. The molecule has 37 heavy (non-hydrogen) atoms. The van der Waals surface area contributed by atoms with Gasteiger partial charge in [0.15, 0.2) is 0 Å². The quantitative estimate of drug-likeness (QED) is 0.473. The second kappa shape index (κ2) is 9.35. The van der Waals surface area contributed by atoms with E-state index in [1.54, 1.807) is 40.1 Å². The van der Waals surface area contributed by atoms with E-state index in [4.69, 9.17) is 11.6 Å². The number of amides is 2. The van der Waals surface area contributed by atoms with Crippen molar-refractivity contribution in [1.29, 1.82) is 0 Å². The number of hydrogen-bond donors (Lipinski definition) is 0. The number of rotatable bonds is 4. The monoisotopic (exact) mass is 536 g/mol. The zero-order valence-corrected chi connectivity index (χ0v) is 21.9. The van der Waals surface area contributed by atoms with Gasteiger partial charge >= 0.3 is 0 Å². The maximum absolute atomic E-state index is 14.3. The zero-order valence-electron chi connectivity index (χ0n) is 20.3. The fourth-order valence-corrected chi connectivity index (χ4v) is 7.25. The molecule has 0 bridgehead atoms. The van der Waals surface area contributed by atoms with Crippen LogP contribution in [-0.2, 0) is 14.5 Å². The third-order valence-corrected chi connectivity index (χ3v) is 9.01.